The SMILES string of the molecule is COC(=O)CS(=O)(=O)NCc1ccc(OC)c(N)c1. The molecule has 7 nitrogen and oxygen atoms in total. The van der Waals surface area contributed by atoms with E-state index in [0.717, 1.165) is 7.11 Å². The molecule has 0 heterocycles. The van der Waals surface area contributed by atoms with Gasteiger partial charge in [0.1, 0.15) is 5.75 Å². The first-order valence-corrected chi connectivity index (χ1v) is 6.99. The van der Waals surface area contributed by atoms with Crippen molar-refractivity contribution in [3.05, 3.63) is 23.8 Å². The van der Waals surface area contributed by atoms with Gasteiger partial charge in [-0.25, -0.2) is 13.1 Å². The van der Waals surface area contributed by atoms with Gasteiger partial charge in [-0.15, -0.1) is 0 Å². The van der Waals surface area contributed by atoms with Crippen molar-refractivity contribution in [3.8, 4) is 5.75 Å². The molecule has 106 valence electrons. The molecular weight excluding hydrogens is 272 g/mol. The normalized spacial score (nSPS) is 11.1. The molecule has 0 saturated carbocycles. The lowest BCUT2D eigenvalue weighted by molar-refractivity contribution is -0.137. The number of ether oxygens (including phenoxy) is 2. The summed E-state index contributed by atoms with van der Waals surface area (Å²) in [6.07, 6.45) is 0. The molecule has 1 aromatic rings. The number of nitrogens with one attached hydrogen (secondary N) is 1. The maximum absolute atomic E-state index is 11.5. The van der Waals surface area contributed by atoms with Crippen LogP contribution in [-0.4, -0.2) is 34.4 Å². The van der Waals surface area contributed by atoms with Gasteiger partial charge in [0, 0.05) is 6.54 Å². The Balaban J connectivity index is 2.66. The Morgan fingerprint density at radius 2 is 2.05 bits per heavy atom. The van der Waals surface area contributed by atoms with E-state index < -0.39 is 21.7 Å². The van der Waals surface area contributed by atoms with E-state index in [9.17, 15) is 13.2 Å². The average Bonchev–Trinajstić information content (AvgIpc) is 2.36. The summed E-state index contributed by atoms with van der Waals surface area (Å²) in [6.45, 7) is 0.0352. The first kappa shape index (κ1) is 15.3. The van der Waals surface area contributed by atoms with Crippen LogP contribution in [0.4, 0.5) is 5.69 Å². The molecule has 19 heavy (non-hydrogen) atoms. The van der Waals surface area contributed by atoms with Crippen molar-refractivity contribution in [1.82, 2.24) is 4.72 Å². The molecule has 0 saturated heterocycles. The number of carbonyl (C=O) groups is 1. The van der Waals surface area contributed by atoms with Crippen molar-refractivity contribution in [2.75, 3.05) is 25.7 Å². The second kappa shape index (κ2) is 6.39. The third-order valence-electron chi connectivity index (χ3n) is 2.33. The van der Waals surface area contributed by atoms with Gasteiger partial charge in [0.25, 0.3) is 0 Å². The predicted octanol–water partition coefficient (Wildman–Crippen LogP) is -0.130. The summed E-state index contributed by atoms with van der Waals surface area (Å²) in [5, 5.41) is 0. The molecule has 8 heteroatoms. The Hall–Kier alpha value is -1.80. The van der Waals surface area contributed by atoms with E-state index in [-0.39, 0.29) is 6.54 Å². The summed E-state index contributed by atoms with van der Waals surface area (Å²) in [6, 6.07) is 4.91. The summed E-state index contributed by atoms with van der Waals surface area (Å²) >= 11 is 0. The molecule has 0 bridgehead atoms. The van der Waals surface area contributed by atoms with E-state index in [1.807, 2.05) is 0 Å². The molecule has 0 aliphatic rings. The molecule has 0 unspecified atom stereocenters. The molecule has 0 aromatic heterocycles. The highest BCUT2D eigenvalue weighted by atomic mass is 32.2. The van der Waals surface area contributed by atoms with Crippen LogP contribution in [0, 0.1) is 0 Å². The van der Waals surface area contributed by atoms with Crippen molar-refractivity contribution < 1.29 is 22.7 Å². The molecule has 1 aromatic carbocycles. The second-order valence-electron chi connectivity index (χ2n) is 3.73. The van der Waals surface area contributed by atoms with Crippen molar-refractivity contribution in [1.29, 1.82) is 0 Å². The molecule has 0 radical (unpaired) electrons. The Kier molecular flexibility index (Phi) is 5.13. The Labute approximate surface area is 111 Å². The van der Waals surface area contributed by atoms with E-state index >= 15 is 0 Å². The quantitative estimate of drug-likeness (QED) is 0.557. The van der Waals surface area contributed by atoms with Gasteiger partial charge in [0.2, 0.25) is 10.0 Å². The van der Waals surface area contributed by atoms with Gasteiger partial charge in [0.15, 0.2) is 5.75 Å². The second-order valence-corrected chi connectivity index (χ2v) is 5.54. The van der Waals surface area contributed by atoms with Crippen LogP contribution in [0.15, 0.2) is 18.2 Å². The van der Waals surface area contributed by atoms with Gasteiger partial charge >= 0.3 is 5.97 Å². The number of esters is 1. The topological polar surface area (TPSA) is 108 Å². The molecule has 3 N–H and O–H groups in total. The van der Waals surface area contributed by atoms with Crippen LogP contribution in [-0.2, 0) is 26.1 Å². The summed E-state index contributed by atoms with van der Waals surface area (Å²) in [5.41, 5.74) is 6.77. The van der Waals surface area contributed by atoms with Crippen LogP contribution < -0.4 is 15.2 Å². The van der Waals surface area contributed by atoms with Gasteiger partial charge in [-0.1, -0.05) is 6.07 Å². The lowest BCUT2D eigenvalue weighted by Gasteiger charge is -2.08. The number of hydrogen-bond donors (Lipinski definition) is 2. The van der Waals surface area contributed by atoms with Crippen LogP contribution in [0.5, 0.6) is 5.75 Å². The minimum Gasteiger partial charge on any atom is -0.495 e. The van der Waals surface area contributed by atoms with Gasteiger partial charge in [-0.2, -0.15) is 0 Å². The van der Waals surface area contributed by atoms with Crippen LogP contribution in [0.1, 0.15) is 5.56 Å². The Morgan fingerprint density at radius 1 is 1.37 bits per heavy atom. The summed E-state index contributed by atoms with van der Waals surface area (Å²) in [7, 11) is -1.10. The number of hydrogen-bond acceptors (Lipinski definition) is 6. The van der Waals surface area contributed by atoms with Gasteiger partial charge in [0.05, 0.1) is 19.9 Å². The van der Waals surface area contributed by atoms with E-state index in [1.54, 1.807) is 18.2 Å². The predicted molar refractivity (Wildman–Crippen MR) is 70.0 cm³/mol. The number of rotatable bonds is 6. The highest BCUT2D eigenvalue weighted by Crippen LogP contribution is 2.21. The van der Waals surface area contributed by atoms with Crippen molar-refractivity contribution in [2.45, 2.75) is 6.54 Å². The van der Waals surface area contributed by atoms with Gasteiger partial charge < -0.3 is 15.2 Å². The number of anilines is 1. The van der Waals surface area contributed by atoms with E-state index in [2.05, 4.69) is 9.46 Å². The summed E-state index contributed by atoms with van der Waals surface area (Å²) in [5.74, 6) is -1.02. The van der Waals surface area contributed by atoms with Crippen LogP contribution in [0.25, 0.3) is 0 Å². The maximum Gasteiger partial charge on any atom is 0.322 e. The lowest BCUT2D eigenvalue weighted by Crippen LogP contribution is -2.30. The zero-order chi connectivity index (χ0) is 14.5. The number of sulfonamides is 1. The average molecular weight is 288 g/mol. The van der Waals surface area contributed by atoms with Crippen LogP contribution >= 0.6 is 0 Å². The summed E-state index contributed by atoms with van der Waals surface area (Å²) < 4.78 is 34.6. The molecule has 1 rings (SSSR count). The zero-order valence-corrected chi connectivity index (χ0v) is 11.5. The molecule has 0 fully saturated rings. The largest absolute Gasteiger partial charge is 0.495 e. The Bertz CT molecular complexity index is 556. The van der Waals surface area contributed by atoms with Crippen molar-refractivity contribution in [2.24, 2.45) is 0 Å². The number of nitrogens with two attached hydrogens (primary N) is 1. The number of carbonyl (C=O) groups excluding carboxylic acids is 1. The highest BCUT2D eigenvalue weighted by Gasteiger charge is 2.16. The Morgan fingerprint density at radius 3 is 2.58 bits per heavy atom. The first-order chi connectivity index (χ1) is 8.88. The fraction of sp³-hybridized carbons (Fsp3) is 0.364. The molecular formula is C11H16N2O5S. The standard InChI is InChI=1S/C11H16N2O5S/c1-17-10-4-3-8(5-9(10)12)6-13-19(15,16)7-11(14)18-2/h3-5,13H,6-7,12H2,1-2H3. The monoisotopic (exact) mass is 288 g/mol. The van der Waals surface area contributed by atoms with E-state index in [4.69, 9.17) is 10.5 Å². The smallest absolute Gasteiger partial charge is 0.322 e. The third-order valence-corrected chi connectivity index (χ3v) is 3.53. The maximum atomic E-state index is 11.5. The fourth-order valence-corrected chi connectivity index (χ4v) is 2.27. The fourth-order valence-electron chi connectivity index (χ4n) is 1.35. The van der Waals surface area contributed by atoms with Gasteiger partial charge in [-0.3, -0.25) is 4.79 Å². The molecule has 0 aliphatic heterocycles. The number of benzene rings is 1. The molecule has 0 aliphatic carbocycles. The van der Waals surface area contributed by atoms with Crippen molar-refractivity contribution in [3.63, 3.8) is 0 Å². The van der Waals surface area contributed by atoms with E-state index in [0.29, 0.717) is 17.0 Å². The van der Waals surface area contributed by atoms with Crippen LogP contribution in [0.2, 0.25) is 0 Å². The molecule has 0 atom stereocenters. The number of methoxy groups -OCH3 is 2. The summed E-state index contributed by atoms with van der Waals surface area (Å²) in [4.78, 5) is 10.9. The van der Waals surface area contributed by atoms with Crippen LogP contribution in [0.3, 0.4) is 0 Å². The zero-order valence-electron chi connectivity index (χ0n) is 10.7. The minimum absolute atomic E-state index is 0.0352. The lowest BCUT2D eigenvalue weighted by atomic mass is 10.2. The third kappa shape index (κ3) is 4.76. The minimum atomic E-state index is -3.72. The molecule has 0 amide bonds. The number of nitrogen functional groups attached to an aromatic ring is 1. The van der Waals surface area contributed by atoms with Gasteiger partial charge in [-0.05, 0) is 17.7 Å². The first-order valence-electron chi connectivity index (χ1n) is 5.34. The van der Waals surface area contributed by atoms with Crippen molar-refractivity contribution >= 4 is 21.7 Å². The van der Waals surface area contributed by atoms with E-state index in [1.165, 1.54) is 7.11 Å². The highest BCUT2D eigenvalue weighted by molar-refractivity contribution is 7.90. The molecule has 0 spiro atoms.